The number of rotatable bonds is 6. The SMILES string of the molecule is O=C[C@@H]1CC=CCCCOCc2ccccc2C(=O)N1.O=C[C@@H]1CC=CCCOc2cccc(c2)-c2ncccc2C(=O)N1.O=C[C@@H]1CC=CCCOc2ccnc(n2)-c2ccccc2C(=O)N1.O=C[C@@H]1CC=CCCOc2nccc(n2)-c2ccccc2C(=O)N1.O=C[C@@H]1CCCCCOc2cccc(c2)-c2ncccc2C(=O)N1.O=C[C@@H]1Cc2cccc(c2)C=CCCOc2cccc(c2)-c2ncccc2C(=O)N1. The minimum absolute atomic E-state index is 0.228. The van der Waals surface area contributed by atoms with Gasteiger partial charge in [-0.1, -0.05) is 182 Å². The third kappa shape index (κ3) is 32.6. The first-order valence-electron chi connectivity index (χ1n) is 48.4. The Bertz CT molecular complexity index is 6330. The second-order valence-corrected chi connectivity index (χ2v) is 33.9. The van der Waals surface area contributed by atoms with Crippen molar-refractivity contribution in [1.29, 1.82) is 0 Å². The molecule has 6 amide bonds. The molecule has 12 bridgehead atoms. The Morgan fingerprint density at radius 2 is 0.719 bits per heavy atom. The van der Waals surface area contributed by atoms with Crippen molar-refractivity contribution >= 4 is 79.2 Å². The van der Waals surface area contributed by atoms with Crippen molar-refractivity contribution in [3.8, 4) is 85.6 Å². The van der Waals surface area contributed by atoms with Gasteiger partial charge in [0.2, 0.25) is 5.88 Å². The van der Waals surface area contributed by atoms with E-state index in [0.29, 0.717) is 177 Å². The number of hydrogen-bond acceptors (Lipinski definition) is 25. The van der Waals surface area contributed by atoms with E-state index in [1.807, 2.05) is 188 Å². The number of fused-ring (bicyclic) bond motifs is 23. The van der Waals surface area contributed by atoms with Crippen LogP contribution in [-0.4, -0.2) is 184 Å². The number of aromatic nitrogens is 7. The van der Waals surface area contributed by atoms with Crippen molar-refractivity contribution in [2.45, 2.75) is 139 Å². The molecule has 31 heteroatoms. The standard InChI is InChI=1S/C25H22N2O3.C19H20N2O3.C19H18N2O3.2C18H17N3O3.C16H19NO3/c28-17-21-15-19-8-3-7-18(14-19)6-1-2-13-30-22-10-4-9-20(16-22)24-23(25(29)27-21)11-5-12-26-24;2*22-13-15-7-2-1-3-11-24-16-8-4-6-14(12-16)18-17(19(23)21-15)9-5-10-20-18;22-12-13-6-2-1-5-11-24-16-9-10-19-17(21-16)14-7-3-4-8-15(14)18(23)20-13;22-12-13-6-2-1-5-11-24-18-19-10-9-16(21-18)14-7-3-4-8-15(14)17(23)20-13;18-11-14-8-3-1-2-6-10-20-12-13-7-4-5-9-15(13)16(19)17-14/h1,3-12,14,16-17,21H,2,13,15H2,(H,27,29);4-6,8-10,12-13,15H,1-3,7,11H2,(H,21,23);1-2,4-6,8-10,12-13,15H,3,7,11H2,(H,21,23);2*1-4,7-10,12-13H,5-6,11H2,(H,20,23);1,3-5,7,9,11,14H,2,6,8,10,12H2,(H,17,19)/t21-;2*15-;2*13-;14-/m000000/s1. The lowest BCUT2D eigenvalue weighted by molar-refractivity contribution is -0.110. The van der Waals surface area contributed by atoms with Gasteiger partial charge in [0.1, 0.15) is 55.0 Å². The molecular formula is C115H113N13O18. The van der Waals surface area contributed by atoms with E-state index in [1.165, 1.54) is 0 Å². The molecule has 0 saturated carbocycles. The van der Waals surface area contributed by atoms with Crippen LogP contribution in [0, 0.1) is 0 Å². The van der Waals surface area contributed by atoms with Crippen LogP contribution in [0.3, 0.4) is 0 Å². The molecule has 146 heavy (non-hydrogen) atoms. The fourth-order valence-electron chi connectivity index (χ4n) is 15.8. The molecule has 0 aliphatic carbocycles. The fourth-order valence-corrected chi connectivity index (χ4v) is 15.8. The Kier molecular flexibility index (Phi) is 41.8. The van der Waals surface area contributed by atoms with Crippen LogP contribution in [0.25, 0.3) is 62.5 Å². The third-order valence-corrected chi connectivity index (χ3v) is 23.2. The van der Waals surface area contributed by atoms with Gasteiger partial charge >= 0.3 is 6.01 Å². The zero-order valence-electron chi connectivity index (χ0n) is 80.4. The number of aldehydes is 6. The molecular weight excluding hydrogens is 1850 g/mol. The van der Waals surface area contributed by atoms with E-state index in [4.69, 9.17) is 28.4 Å². The molecule has 6 aliphatic heterocycles. The molecule has 0 fully saturated rings. The summed E-state index contributed by atoms with van der Waals surface area (Å²) in [7, 11) is 0. The van der Waals surface area contributed by atoms with Gasteiger partial charge in [0.25, 0.3) is 35.4 Å². The van der Waals surface area contributed by atoms with Crippen molar-refractivity contribution < 1.29 is 86.0 Å². The predicted octanol–water partition coefficient (Wildman–Crippen LogP) is 16.4. The first kappa shape index (κ1) is 106. The number of hydrogen-bond donors (Lipinski definition) is 6. The maximum atomic E-state index is 13.0. The largest absolute Gasteiger partial charge is 0.494 e. The molecule has 31 nitrogen and oxygen atoms in total. The Balaban J connectivity index is 0.000000147. The van der Waals surface area contributed by atoms with Gasteiger partial charge in [-0.05, 0) is 204 Å². The van der Waals surface area contributed by atoms with Crippen LogP contribution in [0.15, 0.2) is 304 Å². The number of carbonyl (C=O) groups is 12. The molecule has 12 aromatic rings. The molecule has 6 aliphatic rings. The van der Waals surface area contributed by atoms with Gasteiger partial charge in [0.05, 0.1) is 121 Å². The highest BCUT2D eigenvalue weighted by molar-refractivity contribution is 6.05. The molecule has 0 unspecified atom stereocenters. The lowest BCUT2D eigenvalue weighted by Crippen LogP contribution is -2.38. The van der Waals surface area contributed by atoms with Crippen LogP contribution in [0.2, 0.25) is 0 Å². The summed E-state index contributed by atoms with van der Waals surface area (Å²) in [5, 5.41) is 16.6. The highest BCUT2D eigenvalue weighted by Gasteiger charge is 2.26. The van der Waals surface area contributed by atoms with Crippen LogP contribution in [0.5, 0.6) is 29.1 Å². The number of allylic oxidation sites excluding steroid dienone is 1. The van der Waals surface area contributed by atoms with Crippen molar-refractivity contribution in [3.05, 3.63) is 354 Å². The molecule has 5 aromatic heterocycles. The van der Waals surface area contributed by atoms with Gasteiger partial charge in [0, 0.05) is 82.6 Å². The van der Waals surface area contributed by atoms with Crippen molar-refractivity contribution in [1.82, 2.24) is 66.8 Å². The highest BCUT2D eigenvalue weighted by Crippen LogP contribution is 2.32. The number of carbonyl (C=O) groups excluding carboxylic acids is 12. The van der Waals surface area contributed by atoms with E-state index in [0.717, 1.165) is 133 Å². The summed E-state index contributed by atoms with van der Waals surface area (Å²) in [5.74, 6) is 1.31. The van der Waals surface area contributed by atoms with Crippen LogP contribution < -0.4 is 55.6 Å². The second-order valence-electron chi connectivity index (χ2n) is 33.9. The van der Waals surface area contributed by atoms with Gasteiger partial charge in [-0.3, -0.25) is 43.7 Å². The van der Waals surface area contributed by atoms with Gasteiger partial charge in [-0.25, -0.2) is 9.97 Å². The van der Waals surface area contributed by atoms with E-state index in [2.05, 4.69) is 72.9 Å². The number of benzene rings is 7. The summed E-state index contributed by atoms with van der Waals surface area (Å²) in [6, 6.07) is 62.7. The highest BCUT2D eigenvalue weighted by atomic mass is 16.5. The van der Waals surface area contributed by atoms with Gasteiger partial charge in [-0.2, -0.15) is 9.97 Å². The number of ether oxygens (including phenoxy) is 6. The summed E-state index contributed by atoms with van der Waals surface area (Å²) < 4.78 is 34.2. The lowest BCUT2D eigenvalue weighted by atomic mass is 10.0. The zero-order chi connectivity index (χ0) is 102. The number of amides is 6. The summed E-state index contributed by atoms with van der Waals surface area (Å²) >= 11 is 0. The van der Waals surface area contributed by atoms with E-state index in [-0.39, 0.29) is 41.5 Å². The molecule has 11 heterocycles. The third-order valence-electron chi connectivity index (χ3n) is 23.2. The van der Waals surface area contributed by atoms with E-state index < -0.39 is 36.3 Å². The van der Waals surface area contributed by atoms with Crippen LogP contribution in [0.1, 0.15) is 169 Å². The number of nitrogens with zero attached hydrogens (tertiary/aromatic N) is 7. The number of nitrogens with one attached hydrogen (secondary N) is 6. The molecule has 0 radical (unpaired) electrons. The van der Waals surface area contributed by atoms with Crippen molar-refractivity contribution in [3.63, 3.8) is 0 Å². The Morgan fingerprint density at radius 3 is 1.25 bits per heavy atom. The maximum Gasteiger partial charge on any atom is 0.316 e. The minimum Gasteiger partial charge on any atom is -0.494 e. The van der Waals surface area contributed by atoms with Crippen LogP contribution in [-0.2, 0) is 46.5 Å². The van der Waals surface area contributed by atoms with Crippen molar-refractivity contribution in [2.75, 3.05) is 39.6 Å². The summed E-state index contributed by atoms with van der Waals surface area (Å²) in [6.07, 6.45) is 42.6. The molecule has 7 aromatic carbocycles. The lowest BCUT2D eigenvalue weighted by Gasteiger charge is -2.16. The first-order valence-corrected chi connectivity index (χ1v) is 48.4. The summed E-state index contributed by atoms with van der Waals surface area (Å²) in [4.78, 5) is 173. The zero-order valence-corrected chi connectivity index (χ0v) is 80.4. The van der Waals surface area contributed by atoms with Gasteiger partial charge < -0.3 is 89.1 Å². The average Bonchev–Trinajstić information content (AvgIpc) is 1.25. The molecule has 6 atom stereocenters. The fraction of sp³-hybridized carbons (Fsp3) is 0.243. The molecule has 0 spiro atoms. The van der Waals surface area contributed by atoms with E-state index >= 15 is 0 Å². The summed E-state index contributed by atoms with van der Waals surface area (Å²) in [5.41, 5.74) is 11.6. The Morgan fingerprint density at radius 1 is 0.295 bits per heavy atom. The predicted molar refractivity (Wildman–Crippen MR) is 552 cm³/mol. The van der Waals surface area contributed by atoms with E-state index in [1.54, 1.807) is 116 Å². The smallest absolute Gasteiger partial charge is 0.316 e. The molecule has 0 saturated heterocycles. The summed E-state index contributed by atoms with van der Waals surface area (Å²) in [6.45, 7) is 3.73. The minimum atomic E-state index is -0.630. The Hall–Kier alpha value is -17.4. The average molecular weight is 1970 g/mol. The quantitative estimate of drug-likeness (QED) is 0.0665. The Labute approximate surface area is 845 Å². The monoisotopic (exact) mass is 1960 g/mol. The maximum absolute atomic E-state index is 13.0. The van der Waals surface area contributed by atoms with Gasteiger partial charge in [0.15, 0.2) is 5.82 Å². The molecule has 6 N–H and O–H groups in total. The number of pyridine rings is 3. The van der Waals surface area contributed by atoms with Crippen LogP contribution in [0.4, 0.5) is 0 Å². The normalized spacial score (nSPS) is 18.1. The topological polar surface area (TPSA) is 423 Å². The van der Waals surface area contributed by atoms with E-state index in [9.17, 15) is 57.5 Å². The molecule has 746 valence electrons. The second kappa shape index (κ2) is 57.5. The van der Waals surface area contributed by atoms with Crippen molar-refractivity contribution in [2.24, 2.45) is 0 Å². The van der Waals surface area contributed by atoms with Gasteiger partial charge in [-0.15, -0.1) is 0 Å². The first-order chi connectivity index (χ1) is 71.6. The van der Waals surface area contributed by atoms with Crippen LogP contribution >= 0.6 is 0 Å². The molecule has 18 rings (SSSR count).